The smallest absolute Gasteiger partial charge is 0.333 e. The third-order valence-electron chi connectivity index (χ3n) is 2.83. The van der Waals surface area contributed by atoms with Gasteiger partial charge in [-0.2, -0.15) is 0 Å². The Hall–Kier alpha value is -1.32. The summed E-state index contributed by atoms with van der Waals surface area (Å²) in [6, 6.07) is 0. The topological polar surface area (TPSA) is 63.6 Å². The van der Waals surface area contributed by atoms with E-state index < -0.39 is 23.0 Å². The molecule has 0 spiro atoms. The van der Waals surface area contributed by atoms with Crippen molar-refractivity contribution < 1.29 is 19.4 Å². The fourth-order valence-electron chi connectivity index (χ4n) is 1.67. The van der Waals surface area contributed by atoms with Gasteiger partial charge in [-0.1, -0.05) is 13.5 Å². The molecular weight excluding hydrogens is 220 g/mol. The summed E-state index contributed by atoms with van der Waals surface area (Å²) in [6.45, 7) is 12.0. The van der Waals surface area contributed by atoms with Gasteiger partial charge in [-0.25, -0.2) is 4.79 Å². The molecule has 4 nitrogen and oxygen atoms in total. The number of carboxylic acids is 1. The van der Waals surface area contributed by atoms with Crippen LogP contribution in [0.3, 0.4) is 0 Å². The molecule has 4 heteroatoms. The van der Waals surface area contributed by atoms with Crippen LogP contribution in [0.5, 0.6) is 0 Å². The van der Waals surface area contributed by atoms with E-state index in [-0.39, 0.29) is 6.42 Å². The minimum Gasteiger partial charge on any atom is -0.481 e. The normalized spacial score (nSPS) is 14.9. The number of aliphatic carboxylic acids is 1. The van der Waals surface area contributed by atoms with Crippen molar-refractivity contribution in [2.24, 2.45) is 5.41 Å². The SMILES string of the molecule is C=C(C)C(=O)OC(C)(C)CC(C)(CC)C(=O)O. The molecule has 1 N–H and O–H groups in total. The highest BCUT2D eigenvalue weighted by Crippen LogP contribution is 2.34. The molecule has 0 bridgehead atoms. The van der Waals surface area contributed by atoms with E-state index >= 15 is 0 Å². The summed E-state index contributed by atoms with van der Waals surface area (Å²) < 4.78 is 5.25. The number of hydrogen-bond donors (Lipinski definition) is 1. The Morgan fingerprint density at radius 1 is 1.29 bits per heavy atom. The van der Waals surface area contributed by atoms with E-state index in [0.29, 0.717) is 12.0 Å². The number of carboxylic acid groups (broad SMARTS) is 1. The number of carbonyl (C=O) groups excluding carboxylic acids is 1. The zero-order valence-electron chi connectivity index (χ0n) is 11.3. The summed E-state index contributed by atoms with van der Waals surface area (Å²) in [5.41, 5.74) is -1.40. The lowest BCUT2D eigenvalue weighted by Gasteiger charge is -2.33. The second-order valence-electron chi connectivity index (χ2n) is 5.33. The molecule has 1 atom stereocenters. The quantitative estimate of drug-likeness (QED) is 0.574. The predicted octanol–water partition coefficient (Wildman–Crippen LogP) is 2.78. The highest BCUT2D eigenvalue weighted by Gasteiger charge is 2.39. The molecule has 0 radical (unpaired) electrons. The lowest BCUT2D eigenvalue weighted by Crippen LogP contribution is -2.39. The van der Waals surface area contributed by atoms with E-state index in [1.807, 2.05) is 6.92 Å². The van der Waals surface area contributed by atoms with E-state index in [1.165, 1.54) is 0 Å². The molecule has 0 amide bonds. The van der Waals surface area contributed by atoms with Crippen LogP contribution in [0.2, 0.25) is 0 Å². The Balaban J connectivity index is 4.79. The van der Waals surface area contributed by atoms with Crippen LogP contribution in [0.15, 0.2) is 12.2 Å². The first kappa shape index (κ1) is 15.7. The van der Waals surface area contributed by atoms with E-state index in [0.717, 1.165) is 0 Å². The van der Waals surface area contributed by atoms with E-state index in [2.05, 4.69) is 6.58 Å². The molecule has 0 aromatic carbocycles. The molecule has 0 heterocycles. The van der Waals surface area contributed by atoms with Gasteiger partial charge in [0.25, 0.3) is 0 Å². The lowest BCUT2D eigenvalue weighted by molar-refractivity contribution is -0.162. The van der Waals surface area contributed by atoms with Crippen molar-refractivity contribution in [1.29, 1.82) is 0 Å². The average molecular weight is 242 g/mol. The van der Waals surface area contributed by atoms with Gasteiger partial charge in [0.2, 0.25) is 0 Å². The van der Waals surface area contributed by atoms with E-state index in [9.17, 15) is 14.7 Å². The molecule has 0 rings (SSSR count). The van der Waals surface area contributed by atoms with Crippen LogP contribution in [-0.2, 0) is 14.3 Å². The molecule has 0 aliphatic rings. The molecule has 1 unspecified atom stereocenters. The van der Waals surface area contributed by atoms with Gasteiger partial charge in [0.15, 0.2) is 0 Å². The van der Waals surface area contributed by atoms with Crippen molar-refractivity contribution in [2.45, 2.75) is 53.1 Å². The minimum absolute atomic E-state index is 0.269. The first-order chi connectivity index (χ1) is 7.54. The molecule has 98 valence electrons. The first-order valence-corrected chi connectivity index (χ1v) is 5.66. The van der Waals surface area contributed by atoms with Gasteiger partial charge in [0.05, 0.1) is 5.41 Å². The molecule has 0 aromatic heterocycles. The molecule has 0 fully saturated rings. The molecule has 0 aliphatic carbocycles. The minimum atomic E-state index is -0.890. The summed E-state index contributed by atoms with van der Waals surface area (Å²) in [4.78, 5) is 22.6. The Kier molecular flexibility index (Phi) is 4.93. The Morgan fingerprint density at radius 2 is 1.76 bits per heavy atom. The van der Waals surface area contributed by atoms with Crippen molar-refractivity contribution >= 4 is 11.9 Å². The highest BCUT2D eigenvalue weighted by molar-refractivity contribution is 5.87. The maximum absolute atomic E-state index is 11.4. The van der Waals surface area contributed by atoms with E-state index in [1.54, 1.807) is 27.7 Å². The van der Waals surface area contributed by atoms with Crippen molar-refractivity contribution in [3.05, 3.63) is 12.2 Å². The van der Waals surface area contributed by atoms with E-state index in [4.69, 9.17) is 4.74 Å². The molecule has 0 aromatic rings. The maximum Gasteiger partial charge on any atom is 0.333 e. The zero-order valence-corrected chi connectivity index (χ0v) is 11.3. The van der Waals surface area contributed by atoms with Crippen molar-refractivity contribution in [1.82, 2.24) is 0 Å². The summed E-state index contributed by atoms with van der Waals surface area (Å²) >= 11 is 0. The molecule has 0 aliphatic heterocycles. The summed E-state index contributed by atoms with van der Waals surface area (Å²) in [5, 5.41) is 9.18. The maximum atomic E-state index is 11.4. The van der Waals surface area contributed by atoms with Crippen molar-refractivity contribution in [3.8, 4) is 0 Å². The third-order valence-corrected chi connectivity index (χ3v) is 2.83. The van der Waals surface area contributed by atoms with Crippen molar-refractivity contribution in [3.63, 3.8) is 0 Å². The second kappa shape index (κ2) is 5.34. The highest BCUT2D eigenvalue weighted by atomic mass is 16.6. The Labute approximate surface area is 103 Å². The van der Waals surface area contributed by atoms with Gasteiger partial charge in [0, 0.05) is 12.0 Å². The molecule has 0 saturated heterocycles. The second-order valence-corrected chi connectivity index (χ2v) is 5.33. The van der Waals surface area contributed by atoms with Crippen LogP contribution in [-0.4, -0.2) is 22.6 Å². The van der Waals surface area contributed by atoms with Gasteiger partial charge in [-0.3, -0.25) is 4.79 Å². The van der Waals surface area contributed by atoms with Gasteiger partial charge >= 0.3 is 11.9 Å². The average Bonchev–Trinajstić information content (AvgIpc) is 2.15. The Bertz CT molecular complexity index is 330. The Morgan fingerprint density at radius 3 is 2.06 bits per heavy atom. The third kappa shape index (κ3) is 4.59. The first-order valence-electron chi connectivity index (χ1n) is 5.66. The molecule has 0 saturated carbocycles. The van der Waals surface area contributed by atoms with Crippen LogP contribution in [0.1, 0.15) is 47.5 Å². The molecular formula is C13H22O4. The fraction of sp³-hybridized carbons (Fsp3) is 0.692. The largest absolute Gasteiger partial charge is 0.481 e. The monoisotopic (exact) mass is 242 g/mol. The van der Waals surface area contributed by atoms with Gasteiger partial charge in [0.1, 0.15) is 5.60 Å². The standard InChI is InChI=1S/C13H22O4/c1-7-13(6,11(15)16)8-12(4,5)17-10(14)9(2)3/h2,7-8H2,1,3-6H3,(H,15,16). The molecule has 17 heavy (non-hydrogen) atoms. The number of carbonyl (C=O) groups is 2. The summed E-state index contributed by atoms with van der Waals surface area (Å²) in [5.74, 6) is -1.36. The van der Waals surface area contributed by atoms with Crippen LogP contribution >= 0.6 is 0 Å². The number of hydrogen-bond acceptors (Lipinski definition) is 3. The van der Waals surface area contributed by atoms with Gasteiger partial charge < -0.3 is 9.84 Å². The van der Waals surface area contributed by atoms with Crippen LogP contribution in [0.4, 0.5) is 0 Å². The van der Waals surface area contributed by atoms with Crippen LogP contribution < -0.4 is 0 Å². The van der Waals surface area contributed by atoms with Gasteiger partial charge in [-0.05, 0) is 34.1 Å². The van der Waals surface area contributed by atoms with Crippen molar-refractivity contribution in [2.75, 3.05) is 0 Å². The lowest BCUT2D eigenvalue weighted by atomic mass is 9.78. The summed E-state index contributed by atoms with van der Waals surface area (Å²) in [7, 11) is 0. The number of ether oxygens (including phenoxy) is 1. The number of rotatable bonds is 6. The summed E-state index contributed by atoms with van der Waals surface area (Å²) in [6.07, 6.45) is 0.751. The number of esters is 1. The predicted molar refractivity (Wildman–Crippen MR) is 65.6 cm³/mol. The van der Waals surface area contributed by atoms with Crippen LogP contribution in [0, 0.1) is 5.41 Å². The van der Waals surface area contributed by atoms with Crippen LogP contribution in [0.25, 0.3) is 0 Å². The van der Waals surface area contributed by atoms with Gasteiger partial charge in [-0.15, -0.1) is 0 Å². The zero-order chi connectivity index (χ0) is 13.9. The fourth-order valence-corrected chi connectivity index (χ4v) is 1.67.